The second-order valence-corrected chi connectivity index (χ2v) is 7.46. The number of hydrogen-bond acceptors (Lipinski definition) is 4. The van der Waals surface area contributed by atoms with E-state index < -0.39 is 11.6 Å². The molecule has 1 unspecified atom stereocenters. The number of hydrogen-bond donors (Lipinski definition) is 2. The van der Waals surface area contributed by atoms with Crippen molar-refractivity contribution in [1.82, 2.24) is 20.0 Å². The number of nitrogens with zero attached hydrogens (tertiary/aromatic N) is 3. The molecule has 1 atom stereocenters. The number of aromatic nitrogens is 2. The van der Waals surface area contributed by atoms with Crippen LogP contribution in [0.2, 0.25) is 0 Å². The fourth-order valence-electron chi connectivity index (χ4n) is 3.25. The number of anilines is 1. The van der Waals surface area contributed by atoms with Gasteiger partial charge in [-0.1, -0.05) is 0 Å². The minimum absolute atomic E-state index is 0.238. The second-order valence-electron chi connectivity index (χ2n) is 6.59. The summed E-state index contributed by atoms with van der Waals surface area (Å²) in [7, 11) is 0. The molecule has 0 aliphatic carbocycles. The van der Waals surface area contributed by atoms with E-state index in [0.29, 0.717) is 25.3 Å². The van der Waals surface area contributed by atoms with Crippen molar-refractivity contribution in [3.8, 4) is 0 Å². The van der Waals surface area contributed by atoms with Crippen molar-refractivity contribution >= 4 is 28.0 Å². The van der Waals surface area contributed by atoms with Gasteiger partial charge in [-0.2, -0.15) is 0 Å². The van der Waals surface area contributed by atoms with E-state index in [4.69, 9.17) is 0 Å². The Kier molecular flexibility index (Phi) is 4.93. The maximum atomic E-state index is 13.4. The van der Waals surface area contributed by atoms with Crippen LogP contribution in [-0.4, -0.2) is 35.1 Å². The number of thiazole rings is 1. The minimum Gasteiger partial charge on any atom is -0.371 e. The Balaban J connectivity index is 1.22. The van der Waals surface area contributed by atoms with Gasteiger partial charge in [0.1, 0.15) is 0 Å². The van der Waals surface area contributed by atoms with E-state index >= 15 is 0 Å². The van der Waals surface area contributed by atoms with Gasteiger partial charge in [0.25, 0.3) is 0 Å². The molecule has 1 aromatic carbocycles. The zero-order chi connectivity index (χ0) is 18.8. The monoisotopic (exact) mass is 391 g/mol. The summed E-state index contributed by atoms with van der Waals surface area (Å²) in [4.78, 5) is 19.3. The smallest absolute Gasteiger partial charge is 0.315 e. The maximum absolute atomic E-state index is 13.4. The highest BCUT2D eigenvalue weighted by Gasteiger charge is 2.23. The number of amides is 2. The SMILES string of the molecule is O=C(NCc1cn2ccsc2n1)NCC1CCN(c2ccc(F)c(F)c2)C1. The topological polar surface area (TPSA) is 61.7 Å². The molecule has 1 aliphatic heterocycles. The summed E-state index contributed by atoms with van der Waals surface area (Å²) in [5.41, 5.74) is 1.47. The Hall–Kier alpha value is -2.68. The van der Waals surface area contributed by atoms with Crippen LogP contribution in [0.5, 0.6) is 0 Å². The molecule has 0 bridgehead atoms. The predicted molar refractivity (Wildman–Crippen MR) is 100.0 cm³/mol. The van der Waals surface area contributed by atoms with Crippen LogP contribution in [0.25, 0.3) is 4.96 Å². The summed E-state index contributed by atoms with van der Waals surface area (Å²) in [5.74, 6) is -1.42. The van der Waals surface area contributed by atoms with Gasteiger partial charge >= 0.3 is 6.03 Å². The second kappa shape index (κ2) is 7.51. The highest BCUT2D eigenvalue weighted by molar-refractivity contribution is 7.15. The Morgan fingerprint density at radius 1 is 1.30 bits per heavy atom. The van der Waals surface area contributed by atoms with Crippen LogP contribution in [0.15, 0.2) is 36.0 Å². The van der Waals surface area contributed by atoms with Crippen LogP contribution in [-0.2, 0) is 6.54 Å². The molecule has 1 fully saturated rings. The molecular formula is C18H19F2N5OS. The van der Waals surface area contributed by atoms with Gasteiger partial charge < -0.3 is 15.5 Å². The van der Waals surface area contributed by atoms with Gasteiger partial charge in [-0.05, 0) is 24.5 Å². The van der Waals surface area contributed by atoms with E-state index in [9.17, 15) is 13.6 Å². The number of carbonyl (C=O) groups excluding carboxylic acids is 1. The summed E-state index contributed by atoms with van der Waals surface area (Å²) < 4.78 is 28.4. The van der Waals surface area contributed by atoms with Crippen molar-refractivity contribution in [2.75, 3.05) is 24.5 Å². The molecule has 0 spiro atoms. The van der Waals surface area contributed by atoms with Crippen molar-refractivity contribution in [2.24, 2.45) is 5.92 Å². The molecule has 2 N–H and O–H groups in total. The van der Waals surface area contributed by atoms with Gasteiger partial charge in [-0.15, -0.1) is 11.3 Å². The lowest BCUT2D eigenvalue weighted by Crippen LogP contribution is -2.38. The van der Waals surface area contributed by atoms with Crippen molar-refractivity contribution in [1.29, 1.82) is 0 Å². The number of fused-ring (bicyclic) bond motifs is 1. The third-order valence-corrected chi connectivity index (χ3v) is 5.45. The number of imidazole rings is 1. The largest absolute Gasteiger partial charge is 0.371 e. The molecular weight excluding hydrogens is 372 g/mol. The van der Waals surface area contributed by atoms with Crippen LogP contribution in [0.3, 0.4) is 0 Å². The molecule has 27 heavy (non-hydrogen) atoms. The number of halogens is 2. The zero-order valence-electron chi connectivity index (χ0n) is 14.5. The molecule has 9 heteroatoms. The van der Waals surface area contributed by atoms with Gasteiger partial charge in [-0.3, -0.25) is 4.40 Å². The van der Waals surface area contributed by atoms with Gasteiger partial charge in [0.15, 0.2) is 16.6 Å². The number of nitrogens with one attached hydrogen (secondary N) is 2. The van der Waals surface area contributed by atoms with Crippen LogP contribution in [0.4, 0.5) is 19.3 Å². The first-order valence-corrected chi connectivity index (χ1v) is 9.59. The van der Waals surface area contributed by atoms with Gasteiger partial charge in [0.05, 0.1) is 12.2 Å². The fourth-order valence-corrected chi connectivity index (χ4v) is 3.97. The Bertz CT molecular complexity index is 928. The molecule has 6 nitrogen and oxygen atoms in total. The van der Waals surface area contributed by atoms with E-state index in [-0.39, 0.29) is 11.9 Å². The normalized spacial score (nSPS) is 16.8. The van der Waals surface area contributed by atoms with Gasteiger partial charge in [0.2, 0.25) is 0 Å². The number of benzene rings is 1. The first-order chi connectivity index (χ1) is 13.1. The van der Waals surface area contributed by atoms with Gasteiger partial charge in [-0.25, -0.2) is 18.6 Å². The standard InChI is InChI=1S/C18H19F2N5OS/c19-15-2-1-14(7-16(15)20)24-4-3-12(10-24)8-21-17(26)22-9-13-11-25-5-6-27-18(25)23-13/h1-2,5-7,11-12H,3-4,8-10H2,(H2,21,22,26). The average Bonchev–Trinajstić information content (AvgIpc) is 3.36. The lowest BCUT2D eigenvalue weighted by molar-refractivity contribution is 0.239. The summed E-state index contributed by atoms with van der Waals surface area (Å²) in [5, 5.41) is 7.63. The molecule has 0 saturated carbocycles. The van der Waals surface area contributed by atoms with E-state index in [1.165, 1.54) is 6.07 Å². The van der Waals surface area contributed by atoms with Crippen molar-refractivity contribution in [3.05, 3.63) is 53.3 Å². The number of urea groups is 1. The third-order valence-electron chi connectivity index (χ3n) is 4.68. The summed E-state index contributed by atoms with van der Waals surface area (Å²) in [6.45, 7) is 2.35. The molecule has 2 amide bonds. The number of carbonyl (C=O) groups is 1. The molecule has 2 aromatic heterocycles. The van der Waals surface area contributed by atoms with E-state index in [2.05, 4.69) is 15.6 Å². The lowest BCUT2D eigenvalue weighted by Gasteiger charge is -2.19. The molecule has 3 heterocycles. The molecule has 3 aromatic rings. The van der Waals surface area contributed by atoms with Crippen molar-refractivity contribution in [3.63, 3.8) is 0 Å². The average molecular weight is 391 g/mol. The first kappa shape index (κ1) is 17.7. The lowest BCUT2D eigenvalue weighted by atomic mass is 10.1. The Morgan fingerprint density at radius 2 is 2.19 bits per heavy atom. The Morgan fingerprint density at radius 3 is 3.00 bits per heavy atom. The molecule has 142 valence electrons. The Labute approximate surface area is 158 Å². The predicted octanol–water partition coefficient (Wildman–Crippen LogP) is 3.00. The highest BCUT2D eigenvalue weighted by Crippen LogP contribution is 2.25. The highest BCUT2D eigenvalue weighted by atomic mass is 32.1. The van der Waals surface area contributed by atoms with Crippen molar-refractivity contribution < 1.29 is 13.6 Å². The molecule has 1 saturated heterocycles. The molecule has 0 radical (unpaired) electrons. The molecule has 4 rings (SSSR count). The molecule has 1 aliphatic rings. The van der Waals surface area contributed by atoms with E-state index in [0.717, 1.165) is 29.7 Å². The fraction of sp³-hybridized carbons (Fsp3) is 0.333. The zero-order valence-corrected chi connectivity index (χ0v) is 15.3. The van der Waals surface area contributed by atoms with Crippen LogP contribution >= 0.6 is 11.3 Å². The van der Waals surface area contributed by atoms with E-state index in [1.54, 1.807) is 17.4 Å². The van der Waals surface area contributed by atoms with E-state index in [1.807, 2.05) is 27.1 Å². The summed E-state index contributed by atoms with van der Waals surface area (Å²) in [6.07, 6.45) is 4.70. The number of rotatable bonds is 5. The van der Waals surface area contributed by atoms with Crippen LogP contribution in [0.1, 0.15) is 12.1 Å². The summed E-state index contributed by atoms with van der Waals surface area (Å²) in [6, 6.07) is 3.70. The van der Waals surface area contributed by atoms with Crippen molar-refractivity contribution in [2.45, 2.75) is 13.0 Å². The van der Waals surface area contributed by atoms with Gasteiger partial charge in [0, 0.05) is 49.2 Å². The quantitative estimate of drug-likeness (QED) is 0.703. The van der Waals surface area contributed by atoms with Crippen LogP contribution in [0, 0.1) is 17.6 Å². The minimum atomic E-state index is -0.842. The summed E-state index contributed by atoms with van der Waals surface area (Å²) >= 11 is 1.54. The van der Waals surface area contributed by atoms with Crippen LogP contribution < -0.4 is 15.5 Å². The third kappa shape index (κ3) is 4.02. The maximum Gasteiger partial charge on any atom is 0.315 e. The first-order valence-electron chi connectivity index (χ1n) is 8.71.